The van der Waals surface area contributed by atoms with E-state index in [1.165, 1.54) is 12.1 Å². The summed E-state index contributed by atoms with van der Waals surface area (Å²) in [6.07, 6.45) is 1.18. The fourth-order valence-corrected chi connectivity index (χ4v) is 2.18. The number of halogens is 1. The second kappa shape index (κ2) is 6.01. The standard InChI is InChI=1S/C13H24BrN3/c1-6-7-15-8-13(4,5)9-17-11(3)12(14)10(2)16-17/h15H,6-9H2,1-5H3. The maximum atomic E-state index is 4.57. The van der Waals surface area contributed by atoms with Gasteiger partial charge in [0.1, 0.15) is 0 Å². The number of hydrogen-bond donors (Lipinski definition) is 1. The van der Waals surface area contributed by atoms with Crippen LogP contribution in [0.5, 0.6) is 0 Å². The Morgan fingerprint density at radius 3 is 2.47 bits per heavy atom. The molecule has 17 heavy (non-hydrogen) atoms. The van der Waals surface area contributed by atoms with Gasteiger partial charge < -0.3 is 5.32 Å². The van der Waals surface area contributed by atoms with Gasteiger partial charge in [0, 0.05) is 18.8 Å². The highest BCUT2D eigenvalue weighted by atomic mass is 79.9. The first-order chi connectivity index (χ1) is 7.87. The van der Waals surface area contributed by atoms with Crippen LogP contribution in [0.25, 0.3) is 0 Å². The van der Waals surface area contributed by atoms with Crippen molar-refractivity contribution in [2.75, 3.05) is 13.1 Å². The molecule has 0 fully saturated rings. The fourth-order valence-electron chi connectivity index (χ4n) is 1.89. The first kappa shape index (κ1) is 14.7. The second-order valence-electron chi connectivity index (χ2n) is 5.48. The molecule has 98 valence electrons. The molecule has 1 rings (SSSR count). The molecule has 1 aromatic heterocycles. The zero-order valence-corrected chi connectivity index (χ0v) is 13.2. The van der Waals surface area contributed by atoms with Crippen molar-refractivity contribution in [2.45, 2.75) is 47.6 Å². The predicted octanol–water partition coefficient (Wildman–Crippen LogP) is 3.29. The Morgan fingerprint density at radius 2 is 2.00 bits per heavy atom. The number of aromatic nitrogens is 2. The molecule has 0 bridgehead atoms. The molecule has 0 aromatic carbocycles. The molecule has 0 unspecified atom stereocenters. The predicted molar refractivity (Wildman–Crippen MR) is 76.3 cm³/mol. The summed E-state index contributed by atoms with van der Waals surface area (Å²) in [7, 11) is 0. The van der Waals surface area contributed by atoms with Crippen LogP contribution in [-0.2, 0) is 6.54 Å². The first-order valence-electron chi connectivity index (χ1n) is 6.27. The lowest BCUT2D eigenvalue weighted by atomic mass is 9.93. The van der Waals surface area contributed by atoms with E-state index in [2.05, 4.69) is 58.7 Å². The number of aryl methyl sites for hydroxylation is 1. The van der Waals surface area contributed by atoms with Crippen molar-refractivity contribution in [3.63, 3.8) is 0 Å². The van der Waals surface area contributed by atoms with Crippen molar-refractivity contribution in [1.82, 2.24) is 15.1 Å². The third-order valence-corrected chi connectivity index (χ3v) is 4.05. The maximum absolute atomic E-state index is 4.57. The monoisotopic (exact) mass is 301 g/mol. The van der Waals surface area contributed by atoms with E-state index in [4.69, 9.17) is 0 Å². The van der Waals surface area contributed by atoms with Crippen molar-refractivity contribution in [3.8, 4) is 0 Å². The maximum Gasteiger partial charge on any atom is 0.0738 e. The summed E-state index contributed by atoms with van der Waals surface area (Å²) in [4.78, 5) is 0. The van der Waals surface area contributed by atoms with Crippen molar-refractivity contribution in [1.29, 1.82) is 0 Å². The minimum absolute atomic E-state index is 0.220. The molecular formula is C13H24BrN3. The van der Waals surface area contributed by atoms with E-state index in [1.807, 2.05) is 6.92 Å². The van der Waals surface area contributed by atoms with Crippen LogP contribution >= 0.6 is 15.9 Å². The first-order valence-corrected chi connectivity index (χ1v) is 7.07. The van der Waals surface area contributed by atoms with Crippen molar-refractivity contribution in [3.05, 3.63) is 15.9 Å². The molecule has 0 aliphatic heterocycles. The molecule has 0 spiro atoms. The summed E-state index contributed by atoms with van der Waals surface area (Å²) >= 11 is 3.57. The molecule has 0 saturated carbocycles. The Kier molecular flexibility index (Phi) is 5.20. The van der Waals surface area contributed by atoms with E-state index in [1.54, 1.807) is 0 Å². The van der Waals surface area contributed by atoms with Crippen LogP contribution in [0.4, 0.5) is 0 Å². The molecule has 1 N–H and O–H groups in total. The lowest BCUT2D eigenvalue weighted by Crippen LogP contribution is -2.34. The summed E-state index contributed by atoms with van der Waals surface area (Å²) in [6, 6.07) is 0. The van der Waals surface area contributed by atoms with Gasteiger partial charge in [-0.2, -0.15) is 5.10 Å². The Hall–Kier alpha value is -0.350. The van der Waals surface area contributed by atoms with Gasteiger partial charge in [0.05, 0.1) is 10.2 Å². The zero-order valence-electron chi connectivity index (χ0n) is 11.6. The van der Waals surface area contributed by atoms with Crippen LogP contribution in [0.2, 0.25) is 0 Å². The van der Waals surface area contributed by atoms with Crippen LogP contribution in [0.1, 0.15) is 38.6 Å². The smallest absolute Gasteiger partial charge is 0.0738 e. The van der Waals surface area contributed by atoms with E-state index in [0.29, 0.717) is 0 Å². The third-order valence-electron chi connectivity index (χ3n) is 2.90. The number of rotatable bonds is 6. The molecule has 1 aromatic rings. The summed E-state index contributed by atoms with van der Waals surface area (Å²) in [5.74, 6) is 0. The fraction of sp³-hybridized carbons (Fsp3) is 0.769. The van der Waals surface area contributed by atoms with E-state index < -0.39 is 0 Å². The molecule has 1 heterocycles. The Labute approximate surface area is 113 Å². The highest BCUT2D eigenvalue weighted by Crippen LogP contribution is 2.24. The molecule has 4 heteroatoms. The Bertz CT molecular complexity index is 369. The van der Waals surface area contributed by atoms with E-state index in [9.17, 15) is 0 Å². The molecule has 0 aliphatic carbocycles. The van der Waals surface area contributed by atoms with Crippen LogP contribution < -0.4 is 5.32 Å². The van der Waals surface area contributed by atoms with Crippen molar-refractivity contribution >= 4 is 15.9 Å². The van der Waals surface area contributed by atoms with Crippen LogP contribution in [-0.4, -0.2) is 22.9 Å². The van der Waals surface area contributed by atoms with Gasteiger partial charge in [-0.15, -0.1) is 0 Å². The molecule has 0 radical (unpaired) electrons. The molecule has 0 aliphatic rings. The van der Waals surface area contributed by atoms with Gasteiger partial charge in [0.25, 0.3) is 0 Å². The van der Waals surface area contributed by atoms with Crippen LogP contribution in [0.3, 0.4) is 0 Å². The normalized spacial score (nSPS) is 12.1. The number of nitrogens with zero attached hydrogens (tertiary/aromatic N) is 2. The van der Waals surface area contributed by atoms with Crippen molar-refractivity contribution in [2.24, 2.45) is 5.41 Å². The molecular weight excluding hydrogens is 278 g/mol. The van der Waals surface area contributed by atoms with Crippen molar-refractivity contribution < 1.29 is 0 Å². The molecule has 0 atom stereocenters. The van der Waals surface area contributed by atoms with Gasteiger partial charge >= 0.3 is 0 Å². The van der Waals surface area contributed by atoms with E-state index in [-0.39, 0.29) is 5.41 Å². The SMILES string of the molecule is CCCNCC(C)(C)Cn1nc(C)c(Br)c1C. The number of hydrogen-bond acceptors (Lipinski definition) is 2. The summed E-state index contributed by atoms with van der Waals surface area (Å²) in [5, 5.41) is 8.05. The summed E-state index contributed by atoms with van der Waals surface area (Å²) in [5.41, 5.74) is 2.50. The molecule has 0 amide bonds. The lowest BCUT2D eigenvalue weighted by molar-refractivity contribution is 0.274. The van der Waals surface area contributed by atoms with Crippen LogP contribution in [0, 0.1) is 19.3 Å². The van der Waals surface area contributed by atoms with Gasteiger partial charge in [-0.3, -0.25) is 4.68 Å². The van der Waals surface area contributed by atoms with E-state index >= 15 is 0 Å². The average Bonchev–Trinajstić information content (AvgIpc) is 2.46. The minimum atomic E-state index is 0.220. The summed E-state index contributed by atoms with van der Waals surface area (Å²) in [6.45, 7) is 14.0. The molecule has 0 saturated heterocycles. The van der Waals surface area contributed by atoms with Gasteiger partial charge in [-0.25, -0.2) is 0 Å². The quantitative estimate of drug-likeness (QED) is 0.817. The Morgan fingerprint density at radius 1 is 1.35 bits per heavy atom. The van der Waals surface area contributed by atoms with E-state index in [0.717, 1.165) is 29.8 Å². The number of nitrogens with one attached hydrogen (secondary N) is 1. The van der Waals surface area contributed by atoms with Gasteiger partial charge in [0.2, 0.25) is 0 Å². The van der Waals surface area contributed by atoms with Crippen LogP contribution in [0.15, 0.2) is 4.47 Å². The second-order valence-corrected chi connectivity index (χ2v) is 6.28. The Balaban J connectivity index is 2.65. The van der Waals surface area contributed by atoms with Gasteiger partial charge in [-0.1, -0.05) is 20.8 Å². The van der Waals surface area contributed by atoms with Gasteiger partial charge in [0.15, 0.2) is 0 Å². The minimum Gasteiger partial charge on any atom is -0.316 e. The lowest BCUT2D eigenvalue weighted by Gasteiger charge is -2.25. The third kappa shape index (κ3) is 4.11. The highest BCUT2D eigenvalue weighted by Gasteiger charge is 2.20. The largest absolute Gasteiger partial charge is 0.316 e. The average molecular weight is 302 g/mol. The molecule has 3 nitrogen and oxygen atoms in total. The highest BCUT2D eigenvalue weighted by molar-refractivity contribution is 9.10. The zero-order chi connectivity index (χ0) is 13.1. The van der Waals surface area contributed by atoms with Gasteiger partial charge in [-0.05, 0) is 48.2 Å². The summed E-state index contributed by atoms with van der Waals surface area (Å²) < 4.78 is 3.24. The topological polar surface area (TPSA) is 29.9 Å².